The minimum Gasteiger partial charge on any atom is -0.306 e. The standard InChI is InChI=1S/C12H17N3O/c1-4-12(16)14-7-5-6-10-11(14)8-15(13-10)9(2)3/h4,8-9H,1,5-7H2,2-3H3. The van der Waals surface area contributed by atoms with Gasteiger partial charge in [0.15, 0.2) is 0 Å². The smallest absolute Gasteiger partial charge is 0.250 e. The first-order valence-corrected chi connectivity index (χ1v) is 5.65. The number of amides is 1. The van der Waals surface area contributed by atoms with Gasteiger partial charge in [-0.1, -0.05) is 6.58 Å². The van der Waals surface area contributed by atoms with E-state index in [1.165, 1.54) is 6.08 Å². The lowest BCUT2D eigenvalue weighted by molar-refractivity contribution is -0.114. The van der Waals surface area contributed by atoms with Crippen molar-refractivity contribution in [3.8, 4) is 0 Å². The van der Waals surface area contributed by atoms with Crippen LogP contribution in [0.2, 0.25) is 0 Å². The first-order valence-electron chi connectivity index (χ1n) is 5.65. The minimum atomic E-state index is -0.0377. The van der Waals surface area contributed by atoms with Crippen molar-refractivity contribution in [3.63, 3.8) is 0 Å². The molecule has 0 saturated heterocycles. The fourth-order valence-corrected chi connectivity index (χ4v) is 1.95. The lowest BCUT2D eigenvalue weighted by Gasteiger charge is -2.24. The first kappa shape index (κ1) is 10.9. The summed E-state index contributed by atoms with van der Waals surface area (Å²) < 4.78 is 1.92. The fraction of sp³-hybridized carbons (Fsp3) is 0.500. The third-order valence-corrected chi connectivity index (χ3v) is 2.84. The van der Waals surface area contributed by atoms with Gasteiger partial charge in [-0.05, 0) is 32.8 Å². The van der Waals surface area contributed by atoms with Crippen LogP contribution in [0.25, 0.3) is 0 Å². The molecule has 1 aromatic rings. The van der Waals surface area contributed by atoms with E-state index < -0.39 is 0 Å². The molecule has 0 fully saturated rings. The number of aryl methyl sites for hydroxylation is 1. The molecular formula is C12H17N3O. The molecule has 2 rings (SSSR count). The Morgan fingerprint density at radius 3 is 3.00 bits per heavy atom. The number of carbonyl (C=O) groups is 1. The number of hydrogen-bond donors (Lipinski definition) is 0. The van der Waals surface area contributed by atoms with Gasteiger partial charge in [0, 0.05) is 18.8 Å². The first-order chi connectivity index (χ1) is 7.63. The Kier molecular flexibility index (Phi) is 2.81. The van der Waals surface area contributed by atoms with Crippen LogP contribution in [-0.2, 0) is 11.2 Å². The summed E-state index contributed by atoms with van der Waals surface area (Å²) in [4.78, 5) is 13.4. The largest absolute Gasteiger partial charge is 0.306 e. The second-order valence-electron chi connectivity index (χ2n) is 4.33. The van der Waals surface area contributed by atoms with Crippen LogP contribution in [0.5, 0.6) is 0 Å². The van der Waals surface area contributed by atoms with E-state index in [-0.39, 0.29) is 5.91 Å². The Bertz CT molecular complexity index is 420. The maximum Gasteiger partial charge on any atom is 0.250 e. The van der Waals surface area contributed by atoms with Gasteiger partial charge in [0.1, 0.15) is 0 Å². The van der Waals surface area contributed by atoms with Crippen LogP contribution in [0.15, 0.2) is 18.9 Å². The van der Waals surface area contributed by atoms with E-state index in [2.05, 4.69) is 25.5 Å². The molecule has 0 saturated carbocycles. The van der Waals surface area contributed by atoms with E-state index in [0.29, 0.717) is 6.04 Å². The second kappa shape index (κ2) is 4.12. The van der Waals surface area contributed by atoms with E-state index in [9.17, 15) is 4.79 Å². The zero-order valence-electron chi connectivity index (χ0n) is 9.81. The molecule has 4 heteroatoms. The Hall–Kier alpha value is -1.58. The Morgan fingerprint density at radius 2 is 2.38 bits per heavy atom. The van der Waals surface area contributed by atoms with Gasteiger partial charge in [-0.2, -0.15) is 5.10 Å². The van der Waals surface area contributed by atoms with Crippen LogP contribution >= 0.6 is 0 Å². The number of rotatable bonds is 2. The molecule has 0 aromatic carbocycles. The van der Waals surface area contributed by atoms with Crippen molar-refractivity contribution in [2.75, 3.05) is 11.4 Å². The fourth-order valence-electron chi connectivity index (χ4n) is 1.95. The predicted octanol–water partition coefficient (Wildman–Crippen LogP) is 1.93. The summed E-state index contributed by atoms with van der Waals surface area (Å²) >= 11 is 0. The highest BCUT2D eigenvalue weighted by Crippen LogP contribution is 2.27. The zero-order valence-corrected chi connectivity index (χ0v) is 9.81. The summed E-state index contributed by atoms with van der Waals surface area (Å²) in [5.41, 5.74) is 1.97. The van der Waals surface area contributed by atoms with Gasteiger partial charge < -0.3 is 4.90 Å². The number of carbonyl (C=O) groups excluding carboxylic acids is 1. The Morgan fingerprint density at radius 1 is 1.62 bits per heavy atom. The molecule has 0 spiro atoms. The van der Waals surface area contributed by atoms with Gasteiger partial charge in [0.2, 0.25) is 5.91 Å². The third kappa shape index (κ3) is 1.75. The topological polar surface area (TPSA) is 38.1 Å². The molecule has 16 heavy (non-hydrogen) atoms. The van der Waals surface area contributed by atoms with Gasteiger partial charge in [-0.3, -0.25) is 9.48 Å². The highest BCUT2D eigenvalue weighted by molar-refractivity contribution is 6.01. The van der Waals surface area contributed by atoms with Crippen LogP contribution in [0.3, 0.4) is 0 Å². The second-order valence-corrected chi connectivity index (χ2v) is 4.33. The lowest BCUT2D eigenvalue weighted by atomic mass is 10.1. The summed E-state index contributed by atoms with van der Waals surface area (Å²) in [5.74, 6) is -0.0377. The van der Waals surface area contributed by atoms with Crippen molar-refractivity contribution in [2.45, 2.75) is 32.7 Å². The molecule has 0 aliphatic carbocycles. The lowest BCUT2D eigenvalue weighted by Crippen LogP contribution is -2.33. The van der Waals surface area contributed by atoms with Crippen molar-refractivity contribution in [1.29, 1.82) is 0 Å². The molecule has 0 atom stereocenters. The molecule has 2 heterocycles. The van der Waals surface area contributed by atoms with Crippen LogP contribution in [-0.4, -0.2) is 22.2 Å². The molecule has 1 aliphatic heterocycles. The van der Waals surface area contributed by atoms with E-state index >= 15 is 0 Å². The van der Waals surface area contributed by atoms with Crippen LogP contribution in [0, 0.1) is 0 Å². The molecule has 86 valence electrons. The molecule has 0 unspecified atom stereocenters. The number of hydrogen-bond acceptors (Lipinski definition) is 2. The van der Waals surface area contributed by atoms with Crippen molar-refractivity contribution in [3.05, 3.63) is 24.5 Å². The normalized spacial score (nSPS) is 15.1. The third-order valence-electron chi connectivity index (χ3n) is 2.84. The van der Waals surface area contributed by atoms with Crippen molar-refractivity contribution >= 4 is 11.6 Å². The number of nitrogens with zero attached hydrogens (tertiary/aromatic N) is 3. The van der Waals surface area contributed by atoms with Gasteiger partial charge in [-0.15, -0.1) is 0 Å². The van der Waals surface area contributed by atoms with Crippen molar-refractivity contribution in [2.24, 2.45) is 0 Å². The Balaban J connectivity index is 2.38. The highest BCUT2D eigenvalue weighted by atomic mass is 16.2. The molecule has 1 aliphatic rings. The zero-order chi connectivity index (χ0) is 11.7. The van der Waals surface area contributed by atoms with E-state index in [1.54, 1.807) is 4.90 Å². The van der Waals surface area contributed by atoms with E-state index in [0.717, 1.165) is 30.8 Å². The molecule has 4 nitrogen and oxygen atoms in total. The van der Waals surface area contributed by atoms with Crippen molar-refractivity contribution < 1.29 is 4.79 Å². The summed E-state index contributed by atoms with van der Waals surface area (Å²) in [7, 11) is 0. The summed E-state index contributed by atoms with van der Waals surface area (Å²) in [6, 6.07) is 0.325. The summed E-state index contributed by atoms with van der Waals surface area (Å²) in [6.07, 6.45) is 5.25. The summed E-state index contributed by atoms with van der Waals surface area (Å²) in [5, 5.41) is 4.51. The molecular weight excluding hydrogens is 202 g/mol. The quantitative estimate of drug-likeness (QED) is 0.713. The SMILES string of the molecule is C=CC(=O)N1CCCc2nn(C(C)C)cc21. The maximum absolute atomic E-state index is 11.7. The molecule has 1 aromatic heterocycles. The van der Waals surface area contributed by atoms with Gasteiger partial charge in [0.05, 0.1) is 11.4 Å². The number of aromatic nitrogens is 2. The van der Waals surface area contributed by atoms with Crippen molar-refractivity contribution in [1.82, 2.24) is 9.78 Å². The molecule has 0 radical (unpaired) electrons. The minimum absolute atomic E-state index is 0.0377. The Labute approximate surface area is 95.5 Å². The van der Waals surface area contributed by atoms with E-state index in [4.69, 9.17) is 0 Å². The average Bonchev–Trinajstić information content (AvgIpc) is 2.71. The summed E-state index contributed by atoms with van der Waals surface area (Å²) in [6.45, 7) is 8.46. The molecule has 0 bridgehead atoms. The molecule has 0 N–H and O–H groups in total. The molecule has 1 amide bonds. The number of anilines is 1. The van der Waals surface area contributed by atoms with Gasteiger partial charge in [0.25, 0.3) is 0 Å². The number of fused-ring (bicyclic) bond motifs is 1. The van der Waals surface area contributed by atoms with Crippen LogP contribution in [0.1, 0.15) is 32.0 Å². The van der Waals surface area contributed by atoms with Gasteiger partial charge in [-0.25, -0.2) is 0 Å². The maximum atomic E-state index is 11.7. The van der Waals surface area contributed by atoms with Crippen LogP contribution in [0.4, 0.5) is 5.69 Å². The van der Waals surface area contributed by atoms with E-state index in [1.807, 2.05) is 10.9 Å². The average molecular weight is 219 g/mol. The van der Waals surface area contributed by atoms with Crippen LogP contribution < -0.4 is 4.90 Å². The van der Waals surface area contributed by atoms with Gasteiger partial charge >= 0.3 is 0 Å². The highest BCUT2D eigenvalue weighted by Gasteiger charge is 2.24. The predicted molar refractivity (Wildman–Crippen MR) is 63.5 cm³/mol. The monoisotopic (exact) mass is 219 g/mol.